The Labute approximate surface area is 121 Å². The maximum absolute atomic E-state index is 12.0. The molecular formula is C16H14O5. The predicted molar refractivity (Wildman–Crippen MR) is 77.0 cm³/mol. The minimum absolute atomic E-state index is 0.148. The molecule has 0 amide bonds. The summed E-state index contributed by atoms with van der Waals surface area (Å²) >= 11 is 0. The van der Waals surface area contributed by atoms with E-state index in [1.54, 1.807) is 32.0 Å². The van der Waals surface area contributed by atoms with Crippen molar-refractivity contribution in [2.45, 2.75) is 19.4 Å². The number of rotatable bonds is 1. The van der Waals surface area contributed by atoms with E-state index >= 15 is 0 Å². The van der Waals surface area contributed by atoms with E-state index in [0.29, 0.717) is 10.9 Å². The topological polar surface area (TPSA) is 76.7 Å². The summed E-state index contributed by atoms with van der Waals surface area (Å²) < 4.78 is 9.84. The van der Waals surface area contributed by atoms with Crippen LogP contribution in [-0.4, -0.2) is 23.8 Å². The minimum Gasteiger partial charge on any atom is -0.463 e. The quantitative estimate of drug-likeness (QED) is 0.638. The number of methoxy groups -OCH3 is 1. The van der Waals surface area contributed by atoms with Gasteiger partial charge in [-0.3, -0.25) is 4.79 Å². The van der Waals surface area contributed by atoms with Gasteiger partial charge in [-0.15, -0.1) is 0 Å². The Balaban J connectivity index is 2.55. The van der Waals surface area contributed by atoms with Crippen LogP contribution in [0.3, 0.4) is 0 Å². The fraction of sp³-hybridized carbons (Fsp3) is 0.250. The molecule has 0 fully saturated rings. The molecule has 0 saturated heterocycles. The van der Waals surface area contributed by atoms with E-state index in [-0.39, 0.29) is 16.8 Å². The number of hydrogen-bond acceptors (Lipinski definition) is 5. The van der Waals surface area contributed by atoms with Crippen LogP contribution in [0.2, 0.25) is 0 Å². The van der Waals surface area contributed by atoms with Crippen molar-refractivity contribution in [1.82, 2.24) is 0 Å². The average molecular weight is 286 g/mol. The highest BCUT2D eigenvalue weighted by Crippen LogP contribution is 2.15. The number of hydrogen-bond donors (Lipinski definition) is 1. The molecule has 5 nitrogen and oxygen atoms in total. The van der Waals surface area contributed by atoms with Gasteiger partial charge in [0.15, 0.2) is 5.43 Å². The molecule has 1 heterocycles. The molecule has 2 rings (SSSR count). The molecule has 0 bridgehead atoms. The highest BCUT2D eigenvalue weighted by Gasteiger charge is 2.12. The summed E-state index contributed by atoms with van der Waals surface area (Å²) in [5.41, 5.74) is -0.628. The Morgan fingerprint density at radius 1 is 1.33 bits per heavy atom. The van der Waals surface area contributed by atoms with Crippen molar-refractivity contribution in [2.24, 2.45) is 0 Å². The zero-order chi connectivity index (χ0) is 15.6. The van der Waals surface area contributed by atoms with E-state index in [4.69, 9.17) is 4.42 Å². The normalized spacial score (nSPS) is 10.9. The molecule has 0 radical (unpaired) electrons. The Bertz CT molecular complexity index is 812. The van der Waals surface area contributed by atoms with E-state index in [0.717, 1.165) is 6.07 Å². The zero-order valence-electron chi connectivity index (χ0n) is 11.9. The lowest BCUT2D eigenvalue weighted by atomic mass is 10.1. The first kappa shape index (κ1) is 14.8. The fourth-order valence-corrected chi connectivity index (χ4v) is 1.66. The summed E-state index contributed by atoms with van der Waals surface area (Å²) in [5.74, 6) is 4.58. The molecule has 21 heavy (non-hydrogen) atoms. The molecule has 108 valence electrons. The van der Waals surface area contributed by atoms with Gasteiger partial charge in [-0.2, -0.15) is 0 Å². The van der Waals surface area contributed by atoms with Crippen LogP contribution in [0.25, 0.3) is 11.0 Å². The van der Waals surface area contributed by atoms with Crippen molar-refractivity contribution in [3.63, 3.8) is 0 Å². The van der Waals surface area contributed by atoms with Crippen LogP contribution >= 0.6 is 0 Å². The summed E-state index contributed by atoms with van der Waals surface area (Å²) in [6.45, 7) is 3.14. The number of aliphatic hydroxyl groups is 1. The molecule has 0 atom stereocenters. The number of carbonyl (C=O) groups is 1. The van der Waals surface area contributed by atoms with E-state index in [1.807, 2.05) is 0 Å². The standard InChI is InChI=1S/C16H14O5/c1-16(2,19)7-6-10-4-5-13-11(8-10)12(17)9-14(21-13)15(18)20-3/h4-5,8-9,19H,1-3H3. The van der Waals surface area contributed by atoms with E-state index in [2.05, 4.69) is 16.6 Å². The van der Waals surface area contributed by atoms with Gasteiger partial charge in [0.25, 0.3) is 0 Å². The molecule has 1 N–H and O–H groups in total. The van der Waals surface area contributed by atoms with Crippen LogP contribution in [0.1, 0.15) is 30.0 Å². The lowest BCUT2D eigenvalue weighted by molar-refractivity contribution is 0.0565. The second kappa shape index (κ2) is 5.43. The van der Waals surface area contributed by atoms with Gasteiger partial charge in [-0.05, 0) is 32.0 Å². The second-order valence-corrected chi connectivity index (χ2v) is 4.99. The van der Waals surface area contributed by atoms with Gasteiger partial charge < -0.3 is 14.3 Å². The van der Waals surface area contributed by atoms with Crippen molar-refractivity contribution in [3.8, 4) is 11.8 Å². The summed E-state index contributed by atoms with van der Waals surface area (Å²) in [4.78, 5) is 23.4. The summed E-state index contributed by atoms with van der Waals surface area (Å²) in [6, 6.07) is 5.84. The van der Waals surface area contributed by atoms with Gasteiger partial charge in [-0.25, -0.2) is 4.79 Å². The molecule has 2 aromatic rings. The third kappa shape index (κ3) is 3.50. The maximum atomic E-state index is 12.0. The van der Waals surface area contributed by atoms with Gasteiger partial charge >= 0.3 is 5.97 Å². The van der Waals surface area contributed by atoms with Gasteiger partial charge in [0.2, 0.25) is 5.76 Å². The van der Waals surface area contributed by atoms with Gasteiger partial charge in [0.1, 0.15) is 11.2 Å². The number of carbonyl (C=O) groups excluding carboxylic acids is 1. The lowest BCUT2D eigenvalue weighted by Crippen LogP contribution is -2.14. The van der Waals surface area contributed by atoms with Crippen LogP contribution in [0.5, 0.6) is 0 Å². The van der Waals surface area contributed by atoms with Crippen LogP contribution in [-0.2, 0) is 4.74 Å². The Morgan fingerprint density at radius 2 is 2.05 bits per heavy atom. The third-order valence-corrected chi connectivity index (χ3v) is 2.63. The summed E-state index contributed by atoms with van der Waals surface area (Å²) in [5, 5.41) is 9.88. The molecule has 0 spiro atoms. The first-order chi connectivity index (χ1) is 9.80. The summed E-state index contributed by atoms with van der Waals surface area (Å²) in [6.07, 6.45) is 0. The van der Waals surface area contributed by atoms with Crippen molar-refractivity contribution in [1.29, 1.82) is 0 Å². The minimum atomic E-state index is -1.12. The molecular weight excluding hydrogens is 272 g/mol. The van der Waals surface area contributed by atoms with Gasteiger partial charge in [-0.1, -0.05) is 11.8 Å². The monoisotopic (exact) mass is 286 g/mol. The molecule has 0 aliphatic heterocycles. The second-order valence-electron chi connectivity index (χ2n) is 4.99. The Morgan fingerprint density at radius 3 is 2.67 bits per heavy atom. The van der Waals surface area contributed by atoms with E-state index in [9.17, 15) is 14.7 Å². The molecule has 0 unspecified atom stereocenters. The van der Waals surface area contributed by atoms with Gasteiger partial charge in [0, 0.05) is 11.6 Å². The van der Waals surface area contributed by atoms with E-state index < -0.39 is 11.6 Å². The number of esters is 1. The zero-order valence-corrected chi connectivity index (χ0v) is 11.9. The van der Waals surface area contributed by atoms with Crippen molar-refractivity contribution in [2.75, 3.05) is 7.11 Å². The maximum Gasteiger partial charge on any atom is 0.374 e. The molecule has 1 aromatic heterocycles. The number of benzene rings is 1. The highest BCUT2D eigenvalue weighted by atomic mass is 16.5. The van der Waals surface area contributed by atoms with Crippen LogP contribution in [0.4, 0.5) is 0 Å². The largest absolute Gasteiger partial charge is 0.463 e. The highest BCUT2D eigenvalue weighted by molar-refractivity contribution is 5.89. The molecule has 0 aliphatic carbocycles. The summed E-state index contributed by atoms with van der Waals surface area (Å²) in [7, 11) is 1.21. The molecule has 0 aliphatic rings. The number of ether oxygens (including phenoxy) is 1. The molecule has 5 heteroatoms. The predicted octanol–water partition coefficient (Wildman–Crippen LogP) is 1.70. The Kier molecular flexibility index (Phi) is 3.83. The van der Waals surface area contributed by atoms with Crippen molar-refractivity contribution >= 4 is 16.9 Å². The fourth-order valence-electron chi connectivity index (χ4n) is 1.66. The first-order valence-electron chi connectivity index (χ1n) is 6.22. The van der Waals surface area contributed by atoms with Crippen LogP contribution in [0, 0.1) is 11.8 Å². The smallest absolute Gasteiger partial charge is 0.374 e. The third-order valence-electron chi connectivity index (χ3n) is 2.63. The number of fused-ring (bicyclic) bond motifs is 1. The lowest BCUT2D eigenvalue weighted by Gasteiger charge is -2.06. The molecule has 0 saturated carbocycles. The first-order valence-corrected chi connectivity index (χ1v) is 6.22. The van der Waals surface area contributed by atoms with Gasteiger partial charge in [0.05, 0.1) is 12.5 Å². The molecule has 1 aromatic carbocycles. The van der Waals surface area contributed by atoms with E-state index in [1.165, 1.54) is 7.11 Å². The SMILES string of the molecule is COC(=O)c1cc(=O)c2cc(C#CC(C)(C)O)ccc2o1. The van der Waals surface area contributed by atoms with Crippen LogP contribution in [0.15, 0.2) is 33.5 Å². The van der Waals surface area contributed by atoms with Crippen LogP contribution < -0.4 is 5.43 Å². The van der Waals surface area contributed by atoms with Crippen molar-refractivity contribution < 1.29 is 19.1 Å². The Hall–Kier alpha value is -2.58. The van der Waals surface area contributed by atoms with Crippen molar-refractivity contribution in [3.05, 3.63) is 45.8 Å². The average Bonchev–Trinajstić information content (AvgIpc) is 2.43.